The van der Waals surface area contributed by atoms with Crippen molar-refractivity contribution >= 4 is 23.3 Å². The number of hydrogen-bond donors (Lipinski definition) is 1. The Balaban J connectivity index is 2.41. The van der Waals surface area contributed by atoms with E-state index in [-0.39, 0.29) is 11.5 Å². The number of aryl methyl sites for hydroxylation is 1. The van der Waals surface area contributed by atoms with Crippen molar-refractivity contribution in [1.82, 2.24) is 9.36 Å². The summed E-state index contributed by atoms with van der Waals surface area (Å²) in [7, 11) is 0. The van der Waals surface area contributed by atoms with Crippen molar-refractivity contribution < 1.29 is 0 Å². The third-order valence-corrected chi connectivity index (χ3v) is 4.05. The van der Waals surface area contributed by atoms with E-state index in [1.165, 1.54) is 11.5 Å². The van der Waals surface area contributed by atoms with Crippen LogP contribution >= 0.6 is 23.3 Å². The molecule has 0 aliphatic rings. The van der Waals surface area contributed by atoms with Crippen LogP contribution in [-0.4, -0.2) is 21.2 Å². The maximum atomic E-state index is 6.04. The van der Waals surface area contributed by atoms with E-state index in [1.54, 1.807) is 11.8 Å². The Bertz CT molecular complexity index is 290. The van der Waals surface area contributed by atoms with Gasteiger partial charge in [-0.15, -0.1) is 0 Å². The quantitative estimate of drug-likeness (QED) is 0.811. The van der Waals surface area contributed by atoms with Gasteiger partial charge in [0.15, 0.2) is 4.34 Å². The molecule has 1 rings (SSSR count). The van der Waals surface area contributed by atoms with Crippen LogP contribution in [0.25, 0.3) is 0 Å². The number of nitrogens with zero attached hydrogens (tertiary/aromatic N) is 2. The average Bonchev–Trinajstić information content (AvgIpc) is 2.45. The van der Waals surface area contributed by atoms with E-state index in [0.717, 1.165) is 15.9 Å². The lowest BCUT2D eigenvalue weighted by Crippen LogP contribution is -2.37. The number of nitrogens with two attached hydrogens (primary N) is 1. The van der Waals surface area contributed by atoms with Crippen molar-refractivity contribution in [1.29, 1.82) is 0 Å². The van der Waals surface area contributed by atoms with E-state index in [9.17, 15) is 0 Å². The zero-order valence-electron chi connectivity index (χ0n) is 9.07. The van der Waals surface area contributed by atoms with E-state index in [2.05, 4.69) is 30.1 Å². The molecule has 3 nitrogen and oxygen atoms in total. The van der Waals surface area contributed by atoms with Crippen molar-refractivity contribution in [2.24, 2.45) is 11.1 Å². The second-order valence-electron chi connectivity index (χ2n) is 4.39. The first-order valence-corrected chi connectivity index (χ1v) is 6.34. The maximum absolute atomic E-state index is 6.04. The Morgan fingerprint density at radius 1 is 1.50 bits per heavy atom. The Hall–Kier alpha value is -0.130. The minimum absolute atomic E-state index is 0.159. The molecule has 0 saturated carbocycles. The second kappa shape index (κ2) is 4.59. The molecule has 1 unspecified atom stereocenters. The van der Waals surface area contributed by atoms with Crippen LogP contribution in [0.4, 0.5) is 0 Å². The SMILES string of the molecule is Cc1nsc(SCC(N)C(C)(C)C)n1. The van der Waals surface area contributed by atoms with Gasteiger partial charge in [-0.05, 0) is 23.9 Å². The van der Waals surface area contributed by atoms with Gasteiger partial charge in [0.25, 0.3) is 0 Å². The highest BCUT2D eigenvalue weighted by atomic mass is 32.2. The average molecular weight is 231 g/mol. The molecule has 0 fully saturated rings. The second-order valence-corrected chi connectivity index (χ2v) is 6.41. The first kappa shape index (κ1) is 11.9. The van der Waals surface area contributed by atoms with Gasteiger partial charge in [0.1, 0.15) is 5.82 Å². The zero-order valence-corrected chi connectivity index (χ0v) is 10.7. The number of hydrogen-bond acceptors (Lipinski definition) is 5. The topological polar surface area (TPSA) is 51.8 Å². The minimum atomic E-state index is 0.159. The Kier molecular flexibility index (Phi) is 3.92. The maximum Gasteiger partial charge on any atom is 0.170 e. The fourth-order valence-corrected chi connectivity index (χ4v) is 2.72. The molecular formula is C9H17N3S2. The summed E-state index contributed by atoms with van der Waals surface area (Å²) in [6.45, 7) is 8.38. The smallest absolute Gasteiger partial charge is 0.170 e. The van der Waals surface area contributed by atoms with Gasteiger partial charge in [-0.2, -0.15) is 4.37 Å². The predicted octanol–water partition coefficient (Wildman–Crippen LogP) is 2.31. The molecule has 0 aromatic carbocycles. The first-order chi connectivity index (χ1) is 6.39. The van der Waals surface area contributed by atoms with Crippen LogP contribution in [0.2, 0.25) is 0 Å². The predicted molar refractivity (Wildman–Crippen MR) is 62.8 cm³/mol. The fraction of sp³-hybridized carbons (Fsp3) is 0.778. The molecule has 0 saturated heterocycles. The van der Waals surface area contributed by atoms with Gasteiger partial charge < -0.3 is 5.73 Å². The normalized spacial score (nSPS) is 14.4. The van der Waals surface area contributed by atoms with Gasteiger partial charge >= 0.3 is 0 Å². The molecule has 0 spiro atoms. The summed E-state index contributed by atoms with van der Waals surface area (Å²) in [5, 5.41) is 0. The van der Waals surface area contributed by atoms with E-state index in [0.29, 0.717) is 0 Å². The van der Waals surface area contributed by atoms with Crippen molar-refractivity contribution in [3.05, 3.63) is 5.82 Å². The molecular weight excluding hydrogens is 214 g/mol. The first-order valence-electron chi connectivity index (χ1n) is 4.58. The molecule has 14 heavy (non-hydrogen) atoms. The van der Waals surface area contributed by atoms with E-state index in [4.69, 9.17) is 5.73 Å². The van der Waals surface area contributed by atoms with Crippen molar-refractivity contribution in [2.75, 3.05) is 5.75 Å². The Labute approximate surface area is 93.7 Å². The number of thioether (sulfide) groups is 1. The number of rotatable bonds is 3. The van der Waals surface area contributed by atoms with Crippen LogP contribution < -0.4 is 5.73 Å². The molecule has 0 radical (unpaired) electrons. The summed E-state index contributed by atoms with van der Waals surface area (Å²) in [4.78, 5) is 4.28. The third kappa shape index (κ3) is 3.55. The molecule has 0 amide bonds. The molecule has 0 bridgehead atoms. The van der Waals surface area contributed by atoms with Gasteiger partial charge in [-0.25, -0.2) is 4.98 Å². The monoisotopic (exact) mass is 231 g/mol. The van der Waals surface area contributed by atoms with E-state index < -0.39 is 0 Å². The molecule has 5 heteroatoms. The molecule has 1 aromatic heterocycles. The lowest BCUT2D eigenvalue weighted by Gasteiger charge is -2.26. The molecule has 80 valence electrons. The molecule has 0 aliphatic heterocycles. The van der Waals surface area contributed by atoms with Crippen LogP contribution in [-0.2, 0) is 0 Å². The largest absolute Gasteiger partial charge is 0.326 e. The highest BCUT2D eigenvalue weighted by molar-refractivity contribution is 8.00. The van der Waals surface area contributed by atoms with Crippen molar-refractivity contribution in [3.8, 4) is 0 Å². The van der Waals surface area contributed by atoms with Crippen LogP contribution in [0.5, 0.6) is 0 Å². The molecule has 0 aliphatic carbocycles. The number of aromatic nitrogens is 2. The summed E-state index contributed by atoms with van der Waals surface area (Å²) >= 11 is 3.14. The lowest BCUT2D eigenvalue weighted by molar-refractivity contribution is 0.344. The molecule has 1 aromatic rings. The van der Waals surface area contributed by atoms with Crippen molar-refractivity contribution in [2.45, 2.75) is 38.1 Å². The summed E-state index contributed by atoms with van der Waals surface area (Å²) in [5.41, 5.74) is 6.20. The molecule has 1 atom stereocenters. The summed E-state index contributed by atoms with van der Waals surface area (Å²) in [5.74, 6) is 1.75. The van der Waals surface area contributed by atoms with Gasteiger partial charge in [-0.3, -0.25) is 0 Å². The van der Waals surface area contributed by atoms with Crippen LogP contribution in [0.3, 0.4) is 0 Å². The Morgan fingerprint density at radius 3 is 2.57 bits per heavy atom. The summed E-state index contributed by atoms with van der Waals surface area (Å²) in [6.07, 6.45) is 0. The van der Waals surface area contributed by atoms with E-state index >= 15 is 0 Å². The highest BCUT2D eigenvalue weighted by Crippen LogP contribution is 2.26. The summed E-state index contributed by atoms with van der Waals surface area (Å²) < 4.78 is 5.14. The Morgan fingerprint density at radius 2 is 2.14 bits per heavy atom. The van der Waals surface area contributed by atoms with Gasteiger partial charge in [-0.1, -0.05) is 32.5 Å². The minimum Gasteiger partial charge on any atom is -0.326 e. The zero-order chi connectivity index (χ0) is 10.8. The third-order valence-electron chi connectivity index (χ3n) is 2.01. The van der Waals surface area contributed by atoms with Crippen molar-refractivity contribution in [3.63, 3.8) is 0 Å². The van der Waals surface area contributed by atoms with Crippen LogP contribution in [0, 0.1) is 12.3 Å². The lowest BCUT2D eigenvalue weighted by atomic mass is 9.89. The summed E-state index contributed by atoms with van der Waals surface area (Å²) in [6, 6.07) is 0.191. The molecule has 2 N–H and O–H groups in total. The highest BCUT2D eigenvalue weighted by Gasteiger charge is 2.20. The van der Waals surface area contributed by atoms with Gasteiger partial charge in [0, 0.05) is 11.8 Å². The fourth-order valence-electron chi connectivity index (χ4n) is 0.748. The molecule has 1 heterocycles. The van der Waals surface area contributed by atoms with Crippen LogP contribution in [0.1, 0.15) is 26.6 Å². The van der Waals surface area contributed by atoms with Gasteiger partial charge in [0.2, 0.25) is 0 Å². The van der Waals surface area contributed by atoms with E-state index in [1.807, 2.05) is 6.92 Å². The van der Waals surface area contributed by atoms with Crippen LogP contribution in [0.15, 0.2) is 4.34 Å². The standard InChI is InChI=1S/C9H17N3S2/c1-6-11-8(14-12-6)13-5-7(10)9(2,3)4/h7H,5,10H2,1-4H3. The van der Waals surface area contributed by atoms with Gasteiger partial charge in [0.05, 0.1) is 0 Å².